The van der Waals surface area contributed by atoms with E-state index in [0.29, 0.717) is 39.9 Å². The minimum absolute atomic E-state index is 0. The van der Waals surface area contributed by atoms with Gasteiger partial charge >= 0.3 is 0 Å². The summed E-state index contributed by atoms with van der Waals surface area (Å²) in [6.45, 7) is 21.5. The molecular weight excluding hydrogens is 733 g/mol. The van der Waals surface area contributed by atoms with Crippen molar-refractivity contribution < 1.29 is 42.7 Å². The van der Waals surface area contributed by atoms with E-state index in [-0.39, 0.29) is 43.4 Å². The summed E-state index contributed by atoms with van der Waals surface area (Å²) in [4.78, 5) is 25.7. The van der Waals surface area contributed by atoms with Gasteiger partial charge in [-0.3, -0.25) is 9.59 Å². The van der Waals surface area contributed by atoms with Gasteiger partial charge in [-0.25, -0.2) is 0 Å². The van der Waals surface area contributed by atoms with Gasteiger partial charge in [0.25, 0.3) is 0 Å². The van der Waals surface area contributed by atoms with Crippen LogP contribution in [0.1, 0.15) is 111 Å². The second-order valence-corrected chi connectivity index (χ2v) is 14.5. The highest BCUT2D eigenvalue weighted by molar-refractivity contribution is 6.09. The molecule has 4 rings (SSSR count). The van der Waals surface area contributed by atoms with Crippen molar-refractivity contribution in [1.82, 2.24) is 0 Å². The molecule has 0 spiro atoms. The van der Waals surface area contributed by atoms with E-state index in [2.05, 4.69) is 0 Å². The number of carbonyl (C=O) groups is 2. The predicted molar refractivity (Wildman–Crippen MR) is 236 cm³/mol. The second-order valence-electron chi connectivity index (χ2n) is 14.5. The van der Waals surface area contributed by atoms with Gasteiger partial charge in [0.15, 0.2) is 11.6 Å². The summed E-state index contributed by atoms with van der Waals surface area (Å²) in [5, 5.41) is 0. The van der Waals surface area contributed by atoms with E-state index >= 15 is 0 Å². The number of benzene rings is 4. The van der Waals surface area contributed by atoms with Gasteiger partial charge in [-0.05, 0) is 154 Å². The number of allylic oxidation sites excluding steroid dienone is 2. The fourth-order valence-electron chi connectivity index (χ4n) is 5.83. The minimum Gasteiger partial charge on any atom is -0.496 e. The van der Waals surface area contributed by atoms with Gasteiger partial charge in [0, 0.05) is 28.8 Å². The Morgan fingerprint density at radius 2 is 0.948 bits per heavy atom. The maximum Gasteiger partial charge on any atom is 0.189 e. The number of hydrogen-bond donors (Lipinski definition) is 0. The van der Waals surface area contributed by atoms with Crippen molar-refractivity contribution in [2.45, 2.75) is 108 Å². The first-order valence-corrected chi connectivity index (χ1v) is 19.2. The van der Waals surface area contributed by atoms with E-state index in [1.807, 2.05) is 113 Å². The van der Waals surface area contributed by atoms with Gasteiger partial charge in [0.05, 0.1) is 56.9 Å². The lowest BCUT2D eigenvalue weighted by Gasteiger charge is -2.16. The maximum atomic E-state index is 12.9. The topological polar surface area (TPSA) is 98.8 Å². The van der Waals surface area contributed by atoms with Gasteiger partial charge in [0.2, 0.25) is 0 Å². The molecule has 0 aromatic heterocycles. The fourth-order valence-corrected chi connectivity index (χ4v) is 5.83. The molecule has 0 amide bonds. The highest BCUT2D eigenvalue weighted by Gasteiger charge is 2.17. The van der Waals surface area contributed by atoms with Crippen molar-refractivity contribution in [3.05, 3.63) is 112 Å². The molecule has 58 heavy (non-hydrogen) atoms. The third kappa shape index (κ3) is 13.7. The normalized spacial score (nSPS) is 11.1. The molecule has 0 saturated carbocycles. The molecule has 9 nitrogen and oxygen atoms in total. The Morgan fingerprint density at radius 3 is 1.48 bits per heavy atom. The van der Waals surface area contributed by atoms with Crippen molar-refractivity contribution in [2.75, 3.05) is 21.3 Å². The summed E-state index contributed by atoms with van der Waals surface area (Å²) in [7, 11) is 4.80. The summed E-state index contributed by atoms with van der Waals surface area (Å²) >= 11 is 0. The zero-order chi connectivity index (χ0) is 42.4. The Morgan fingerprint density at radius 1 is 0.483 bits per heavy atom. The van der Waals surface area contributed by atoms with E-state index in [1.165, 1.54) is 6.08 Å². The Bertz CT molecular complexity index is 2040. The first-order chi connectivity index (χ1) is 27.0. The molecule has 0 heterocycles. The van der Waals surface area contributed by atoms with Crippen LogP contribution in [0.5, 0.6) is 40.2 Å². The molecule has 0 radical (unpaired) electrons. The highest BCUT2D eigenvalue weighted by atomic mass is 16.5. The molecule has 314 valence electrons. The lowest BCUT2D eigenvalue weighted by molar-refractivity contribution is 0.103. The molecule has 0 unspecified atom stereocenters. The number of hydrogen-bond acceptors (Lipinski definition) is 9. The third-order valence-electron chi connectivity index (χ3n) is 8.46. The van der Waals surface area contributed by atoms with Crippen molar-refractivity contribution in [2.24, 2.45) is 0 Å². The molecule has 0 bridgehead atoms. The highest BCUT2D eigenvalue weighted by Crippen LogP contribution is 2.34. The average Bonchev–Trinajstić information content (AvgIpc) is 3.14. The van der Waals surface area contributed by atoms with Crippen LogP contribution in [0.15, 0.2) is 72.8 Å². The first kappa shape index (κ1) is 48.4. The van der Waals surface area contributed by atoms with Gasteiger partial charge in [-0.2, -0.15) is 0 Å². The zero-order valence-corrected chi connectivity index (χ0v) is 36.1. The van der Waals surface area contributed by atoms with E-state index < -0.39 is 0 Å². The summed E-state index contributed by atoms with van der Waals surface area (Å²) in [5.41, 5.74) is 5.59. The lowest BCUT2D eigenvalue weighted by atomic mass is 10.0. The van der Waals surface area contributed by atoms with Crippen LogP contribution >= 0.6 is 0 Å². The fraction of sp³-hybridized carbons (Fsp3) is 0.388. The number of ketones is 2. The van der Waals surface area contributed by atoms with E-state index in [9.17, 15) is 9.59 Å². The van der Waals surface area contributed by atoms with Gasteiger partial charge < -0.3 is 33.2 Å². The number of methoxy groups -OCH3 is 3. The molecule has 0 fully saturated rings. The number of ether oxygens (including phenoxy) is 7. The quantitative estimate of drug-likeness (QED) is 0.0764. The monoisotopic (exact) mass is 796 g/mol. The zero-order valence-electron chi connectivity index (χ0n) is 36.1. The summed E-state index contributed by atoms with van der Waals surface area (Å²) < 4.78 is 39.6. The van der Waals surface area contributed by atoms with Crippen LogP contribution in [0.4, 0.5) is 0 Å². The van der Waals surface area contributed by atoms with Crippen LogP contribution in [0, 0.1) is 20.8 Å². The number of carbonyl (C=O) groups excluding carboxylic acids is 2. The van der Waals surface area contributed by atoms with Crippen molar-refractivity contribution in [1.29, 1.82) is 0 Å². The van der Waals surface area contributed by atoms with Crippen molar-refractivity contribution in [3.8, 4) is 40.2 Å². The molecule has 0 aliphatic carbocycles. The average molecular weight is 797 g/mol. The van der Waals surface area contributed by atoms with Gasteiger partial charge in [-0.1, -0.05) is 13.5 Å². The Labute approximate surface area is 346 Å². The van der Waals surface area contributed by atoms with Crippen LogP contribution in [0.2, 0.25) is 0 Å². The van der Waals surface area contributed by atoms with E-state index in [4.69, 9.17) is 33.2 Å². The largest absolute Gasteiger partial charge is 0.496 e. The Kier molecular flexibility index (Phi) is 19.1. The molecular formula is C49H64O9. The minimum atomic E-state index is -0.160. The van der Waals surface area contributed by atoms with E-state index in [1.54, 1.807) is 63.8 Å². The Hall–Kier alpha value is -5.70. The third-order valence-corrected chi connectivity index (χ3v) is 8.46. The Balaban J connectivity index is 0.000000394. The molecule has 4 aromatic rings. The van der Waals surface area contributed by atoms with Gasteiger partial charge in [0.1, 0.15) is 40.2 Å². The standard InChI is InChI=1S/C24H30O5.C24H30O4.CH4/c1-15(2)28-19-10-11-20(23(14-19)29-16(3)4)21(25)12-8-18-9-13-22(26-6)17(5)24(18)27-7;1-15(2)27-20-11-9-19(23(14-20)28-16(3)4)10-13-22(25)21-12-8-17(5)18(6)24(21)26-7;/h8-16H,1-7H3;8-16H,1-7H3;1H4/b12-8+;13-10+;. The molecule has 0 saturated heterocycles. The molecule has 4 aromatic carbocycles. The molecule has 0 aliphatic rings. The molecule has 9 heteroatoms. The number of aryl methyl sites for hydroxylation is 1. The molecule has 0 atom stereocenters. The van der Waals surface area contributed by atoms with E-state index in [0.717, 1.165) is 39.3 Å². The van der Waals surface area contributed by atoms with Gasteiger partial charge in [-0.15, -0.1) is 0 Å². The summed E-state index contributed by atoms with van der Waals surface area (Å²) in [6, 6.07) is 18.4. The van der Waals surface area contributed by atoms with Crippen molar-refractivity contribution >= 4 is 23.7 Å². The smallest absolute Gasteiger partial charge is 0.189 e. The molecule has 0 N–H and O–H groups in total. The van der Waals surface area contributed by atoms with Crippen LogP contribution in [-0.2, 0) is 0 Å². The predicted octanol–water partition coefficient (Wildman–Crippen LogP) is 11.9. The van der Waals surface area contributed by atoms with Crippen molar-refractivity contribution in [3.63, 3.8) is 0 Å². The summed E-state index contributed by atoms with van der Waals surface area (Å²) in [6.07, 6.45) is 6.65. The SMILES string of the molecule is C.COc1c(C(=O)/C=C/c2ccc(OC(C)C)cc2OC(C)C)ccc(C)c1C.COc1ccc(/C=C/C(=O)c2ccc(OC(C)C)cc2OC(C)C)c(OC)c1C. The van der Waals surface area contributed by atoms with Crippen LogP contribution in [-0.4, -0.2) is 57.3 Å². The van der Waals surface area contributed by atoms with Crippen LogP contribution in [0.3, 0.4) is 0 Å². The van der Waals surface area contributed by atoms with Crippen LogP contribution in [0.25, 0.3) is 12.2 Å². The summed E-state index contributed by atoms with van der Waals surface area (Å²) in [5.74, 6) is 4.36. The van der Waals surface area contributed by atoms with Crippen LogP contribution < -0.4 is 33.2 Å². The number of rotatable bonds is 17. The first-order valence-electron chi connectivity index (χ1n) is 19.2. The lowest BCUT2D eigenvalue weighted by Crippen LogP contribution is -2.11. The second kappa shape index (κ2) is 22.9. The molecule has 0 aliphatic heterocycles. The maximum absolute atomic E-state index is 12.9.